The smallest absolute Gasteiger partial charge is 0.276 e. The molecule has 218 valence electrons. The summed E-state index contributed by atoms with van der Waals surface area (Å²) in [5.41, 5.74) is 3.41. The van der Waals surface area contributed by atoms with Gasteiger partial charge in [0.25, 0.3) is 5.91 Å². The fourth-order valence-electron chi connectivity index (χ4n) is 5.64. The van der Waals surface area contributed by atoms with Crippen molar-refractivity contribution in [1.29, 1.82) is 0 Å². The second kappa shape index (κ2) is 12.5. The van der Waals surface area contributed by atoms with Gasteiger partial charge in [0, 0.05) is 32.1 Å². The van der Waals surface area contributed by atoms with E-state index in [2.05, 4.69) is 21.3 Å². The van der Waals surface area contributed by atoms with Crippen LogP contribution >= 0.6 is 0 Å². The predicted molar refractivity (Wildman–Crippen MR) is 152 cm³/mol. The highest BCUT2D eigenvalue weighted by Crippen LogP contribution is 2.38. The molecule has 11 heteroatoms. The van der Waals surface area contributed by atoms with Crippen LogP contribution in [0.1, 0.15) is 58.2 Å². The van der Waals surface area contributed by atoms with Gasteiger partial charge in [0.2, 0.25) is 5.91 Å². The third kappa shape index (κ3) is 6.14. The van der Waals surface area contributed by atoms with Crippen molar-refractivity contribution in [2.45, 2.75) is 45.2 Å². The number of carbonyl (C=O) groups excluding carboxylic acids is 2. The first-order chi connectivity index (χ1) is 20.5. The van der Waals surface area contributed by atoms with Crippen molar-refractivity contribution in [3.63, 3.8) is 0 Å². The molecule has 0 aliphatic carbocycles. The standard InChI is InChI=1S/C31H34N6O5/c1-22-17-28(34-42-22)31(39)37-13-10-23-18-26-8-9-27(23)30(37)24-5-2-6-25(19-24)40-15-4-11-35(14-16-41-26)29(38)7-3-12-36-21-32-20-33-36/h2,5-6,8-9,17-21,30H,3-4,7,10-16H2,1H3. The number of hydrogen-bond donors (Lipinski definition) is 0. The summed E-state index contributed by atoms with van der Waals surface area (Å²) in [5, 5.41) is 8.10. The molecule has 3 aliphatic heterocycles. The Morgan fingerprint density at radius 1 is 1.00 bits per heavy atom. The van der Waals surface area contributed by atoms with Gasteiger partial charge in [-0.15, -0.1) is 0 Å². The third-order valence-corrected chi connectivity index (χ3v) is 7.69. The van der Waals surface area contributed by atoms with Crippen molar-refractivity contribution >= 4 is 11.8 Å². The summed E-state index contributed by atoms with van der Waals surface area (Å²) < 4.78 is 19.2. The Kier molecular flexibility index (Phi) is 8.16. The first-order valence-electron chi connectivity index (χ1n) is 14.4. The molecule has 2 amide bonds. The Morgan fingerprint density at radius 3 is 2.71 bits per heavy atom. The Labute approximate surface area is 244 Å². The predicted octanol–water partition coefficient (Wildman–Crippen LogP) is 3.83. The summed E-state index contributed by atoms with van der Waals surface area (Å²) in [7, 11) is 0. The molecular formula is C31H34N6O5. The Bertz CT molecular complexity index is 1530. The second-order valence-electron chi connectivity index (χ2n) is 10.6. The van der Waals surface area contributed by atoms with Crippen molar-refractivity contribution in [2.75, 3.05) is 32.8 Å². The number of hydrogen-bond acceptors (Lipinski definition) is 8. The minimum Gasteiger partial charge on any atom is -0.494 e. The Balaban J connectivity index is 1.23. The molecule has 1 atom stereocenters. The number of rotatable bonds is 5. The van der Waals surface area contributed by atoms with E-state index in [1.54, 1.807) is 24.0 Å². The summed E-state index contributed by atoms with van der Waals surface area (Å²) in [4.78, 5) is 34.4. The lowest BCUT2D eigenvalue weighted by molar-refractivity contribution is -0.131. The molecule has 0 saturated carbocycles. The summed E-state index contributed by atoms with van der Waals surface area (Å²) in [5.74, 6) is 1.99. The molecule has 0 spiro atoms. The zero-order valence-electron chi connectivity index (χ0n) is 23.6. The van der Waals surface area contributed by atoms with E-state index >= 15 is 0 Å². The lowest BCUT2D eigenvalue weighted by Crippen LogP contribution is -2.40. The van der Waals surface area contributed by atoms with E-state index in [1.807, 2.05) is 46.2 Å². The normalized spacial score (nSPS) is 17.0. The maximum Gasteiger partial charge on any atom is 0.276 e. The fraction of sp³-hybridized carbons (Fsp3) is 0.387. The molecule has 0 fully saturated rings. The zero-order chi connectivity index (χ0) is 28.9. The topological polar surface area (TPSA) is 116 Å². The number of carbonyl (C=O) groups is 2. The molecule has 0 radical (unpaired) electrons. The van der Waals surface area contributed by atoms with Crippen LogP contribution in [0.15, 0.2) is 65.7 Å². The van der Waals surface area contributed by atoms with Gasteiger partial charge in [-0.1, -0.05) is 23.4 Å². The highest BCUT2D eigenvalue weighted by Gasteiger charge is 2.34. The van der Waals surface area contributed by atoms with Gasteiger partial charge in [-0.2, -0.15) is 5.10 Å². The average molecular weight is 571 g/mol. The van der Waals surface area contributed by atoms with Crippen LogP contribution in [-0.4, -0.2) is 74.4 Å². The van der Waals surface area contributed by atoms with Gasteiger partial charge < -0.3 is 23.8 Å². The zero-order valence-corrected chi connectivity index (χ0v) is 23.6. The van der Waals surface area contributed by atoms with Crippen LogP contribution in [-0.2, 0) is 17.8 Å². The molecule has 6 bridgehead atoms. The van der Waals surface area contributed by atoms with Crippen LogP contribution < -0.4 is 9.47 Å². The maximum absolute atomic E-state index is 13.6. The first-order valence-corrected chi connectivity index (χ1v) is 14.4. The molecule has 2 aromatic heterocycles. The Hall–Kier alpha value is -4.67. The van der Waals surface area contributed by atoms with Gasteiger partial charge in [0.1, 0.15) is 36.5 Å². The lowest BCUT2D eigenvalue weighted by atomic mass is 9.87. The van der Waals surface area contributed by atoms with Crippen molar-refractivity contribution < 1.29 is 23.6 Å². The molecule has 1 unspecified atom stereocenters. The van der Waals surface area contributed by atoms with Crippen molar-refractivity contribution in [3.8, 4) is 11.5 Å². The number of benzene rings is 2. The van der Waals surface area contributed by atoms with Crippen LogP contribution in [0.4, 0.5) is 0 Å². The average Bonchev–Trinajstić information content (AvgIpc) is 3.69. The van der Waals surface area contributed by atoms with Crippen molar-refractivity contribution in [2.24, 2.45) is 0 Å². The summed E-state index contributed by atoms with van der Waals surface area (Å²) in [6.07, 6.45) is 5.62. The quantitative estimate of drug-likeness (QED) is 0.356. The maximum atomic E-state index is 13.6. The molecule has 42 heavy (non-hydrogen) atoms. The number of nitrogens with zero attached hydrogens (tertiary/aromatic N) is 6. The molecule has 2 aromatic carbocycles. The van der Waals surface area contributed by atoms with Gasteiger partial charge in [-0.25, -0.2) is 4.98 Å². The van der Waals surface area contributed by atoms with Gasteiger partial charge in [0.05, 0.1) is 19.2 Å². The second-order valence-corrected chi connectivity index (χ2v) is 10.6. The van der Waals surface area contributed by atoms with E-state index in [-0.39, 0.29) is 17.9 Å². The Morgan fingerprint density at radius 2 is 1.88 bits per heavy atom. The van der Waals surface area contributed by atoms with E-state index in [0.717, 1.165) is 28.2 Å². The molecule has 11 nitrogen and oxygen atoms in total. The molecule has 7 rings (SSSR count). The van der Waals surface area contributed by atoms with Gasteiger partial charge >= 0.3 is 0 Å². The first kappa shape index (κ1) is 27.5. The van der Waals surface area contributed by atoms with Gasteiger partial charge in [-0.3, -0.25) is 14.3 Å². The van der Waals surface area contributed by atoms with Gasteiger partial charge in [0.15, 0.2) is 5.69 Å². The number of fused-ring (bicyclic) bond motifs is 8. The summed E-state index contributed by atoms with van der Waals surface area (Å²) in [6.45, 7) is 4.83. The van der Waals surface area contributed by atoms with E-state index in [0.29, 0.717) is 76.5 Å². The van der Waals surface area contributed by atoms with E-state index in [4.69, 9.17) is 14.0 Å². The van der Waals surface area contributed by atoms with Crippen LogP contribution in [0, 0.1) is 6.92 Å². The molecule has 4 aromatic rings. The SMILES string of the molecule is Cc1cc(C(=O)N2CCc3cc4ccc3C2c2cccc(c2)OCCCN(C(=O)CCCn2cncn2)CCO4)no1. The molecule has 0 N–H and O–H groups in total. The highest BCUT2D eigenvalue weighted by atomic mass is 16.5. The highest BCUT2D eigenvalue weighted by molar-refractivity contribution is 5.93. The largest absolute Gasteiger partial charge is 0.494 e. The number of amides is 2. The minimum atomic E-state index is -0.311. The van der Waals surface area contributed by atoms with E-state index < -0.39 is 0 Å². The molecule has 5 heterocycles. The van der Waals surface area contributed by atoms with Crippen molar-refractivity contribution in [1.82, 2.24) is 29.7 Å². The van der Waals surface area contributed by atoms with Crippen LogP contribution in [0.25, 0.3) is 0 Å². The number of ether oxygens (including phenoxy) is 2. The third-order valence-electron chi connectivity index (χ3n) is 7.69. The minimum absolute atomic E-state index is 0.0853. The van der Waals surface area contributed by atoms with Crippen LogP contribution in [0.5, 0.6) is 11.5 Å². The molecule has 3 aliphatic rings. The monoisotopic (exact) mass is 570 g/mol. The fourth-order valence-corrected chi connectivity index (χ4v) is 5.64. The number of aromatic nitrogens is 4. The molecular weight excluding hydrogens is 536 g/mol. The molecule has 0 saturated heterocycles. The van der Waals surface area contributed by atoms with E-state index in [9.17, 15) is 9.59 Å². The van der Waals surface area contributed by atoms with Crippen molar-refractivity contribution in [3.05, 3.63) is 89.3 Å². The number of aryl methyl sites for hydroxylation is 2. The summed E-state index contributed by atoms with van der Waals surface area (Å²) >= 11 is 0. The van der Waals surface area contributed by atoms with Crippen LogP contribution in [0.3, 0.4) is 0 Å². The van der Waals surface area contributed by atoms with E-state index in [1.165, 1.54) is 6.33 Å². The van der Waals surface area contributed by atoms with Crippen LogP contribution in [0.2, 0.25) is 0 Å². The van der Waals surface area contributed by atoms with Gasteiger partial charge in [-0.05, 0) is 67.1 Å². The lowest BCUT2D eigenvalue weighted by Gasteiger charge is -2.37. The summed E-state index contributed by atoms with van der Waals surface area (Å²) in [6, 6.07) is 15.3.